The lowest BCUT2D eigenvalue weighted by Gasteiger charge is -2.16. The van der Waals surface area contributed by atoms with Crippen LogP contribution in [0.1, 0.15) is 21.5 Å². The Labute approximate surface area is 197 Å². The molecule has 1 aliphatic heterocycles. The Morgan fingerprint density at radius 3 is 2.33 bits per heavy atom. The molecular formula is C24H15F3N2O2S2. The van der Waals surface area contributed by atoms with Crippen molar-refractivity contribution in [3.05, 3.63) is 100 Å². The number of nitrogens with one attached hydrogen (secondary N) is 1. The van der Waals surface area contributed by atoms with Crippen molar-refractivity contribution in [2.75, 3.05) is 10.2 Å². The maximum absolute atomic E-state index is 13.0. The predicted molar refractivity (Wildman–Crippen MR) is 128 cm³/mol. The van der Waals surface area contributed by atoms with E-state index in [-0.39, 0.29) is 20.8 Å². The number of thioether (sulfide) groups is 1. The van der Waals surface area contributed by atoms with Gasteiger partial charge in [0.1, 0.15) is 0 Å². The fourth-order valence-corrected chi connectivity index (χ4v) is 4.42. The van der Waals surface area contributed by atoms with Crippen LogP contribution in [0, 0.1) is 0 Å². The molecule has 1 aliphatic rings. The molecule has 9 heteroatoms. The van der Waals surface area contributed by atoms with Gasteiger partial charge in [-0.25, -0.2) is 0 Å². The first-order valence-electron chi connectivity index (χ1n) is 9.64. The molecule has 1 saturated heterocycles. The van der Waals surface area contributed by atoms with Gasteiger partial charge in [0.2, 0.25) is 0 Å². The maximum atomic E-state index is 13.0. The lowest BCUT2D eigenvalue weighted by molar-refractivity contribution is -0.137. The summed E-state index contributed by atoms with van der Waals surface area (Å²) in [4.78, 5) is 26.6. The summed E-state index contributed by atoms with van der Waals surface area (Å²) in [5.74, 6) is -0.779. The molecule has 0 unspecified atom stereocenters. The van der Waals surface area contributed by atoms with Gasteiger partial charge in [0, 0.05) is 11.3 Å². The number of amides is 2. The molecule has 4 nitrogen and oxygen atoms in total. The van der Waals surface area contributed by atoms with Crippen molar-refractivity contribution < 1.29 is 22.8 Å². The Balaban J connectivity index is 1.51. The van der Waals surface area contributed by atoms with E-state index in [4.69, 9.17) is 12.2 Å². The summed E-state index contributed by atoms with van der Waals surface area (Å²) in [6.45, 7) is 0. The second-order valence-corrected chi connectivity index (χ2v) is 8.68. The third-order valence-electron chi connectivity index (χ3n) is 4.73. The van der Waals surface area contributed by atoms with Gasteiger partial charge in [-0.05, 0) is 54.1 Å². The molecule has 1 fully saturated rings. The van der Waals surface area contributed by atoms with Crippen molar-refractivity contribution in [1.29, 1.82) is 0 Å². The van der Waals surface area contributed by atoms with Crippen LogP contribution in [0.2, 0.25) is 0 Å². The van der Waals surface area contributed by atoms with E-state index < -0.39 is 17.6 Å². The number of carbonyl (C=O) groups excluding carboxylic acids is 2. The molecule has 1 N–H and O–H groups in total. The molecule has 0 bridgehead atoms. The Kier molecular flexibility index (Phi) is 6.35. The van der Waals surface area contributed by atoms with Crippen LogP contribution in [0.5, 0.6) is 0 Å². The van der Waals surface area contributed by atoms with Crippen LogP contribution in [-0.4, -0.2) is 16.1 Å². The number of halogens is 3. The molecule has 3 aromatic rings. The smallest absolute Gasteiger partial charge is 0.322 e. The van der Waals surface area contributed by atoms with Gasteiger partial charge in [-0.2, -0.15) is 13.2 Å². The topological polar surface area (TPSA) is 49.4 Å². The predicted octanol–water partition coefficient (Wildman–Crippen LogP) is 6.36. The molecule has 0 aromatic heterocycles. The number of carbonyl (C=O) groups is 2. The largest absolute Gasteiger partial charge is 0.416 e. The average molecular weight is 485 g/mol. The van der Waals surface area contributed by atoms with E-state index in [0.717, 1.165) is 28.8 Å². The Morgan fingerprint density at radius 1 is 0.970 bits per heavy atom. The second kappa shape index (κ2) is 9.21. The van der Waals surface area contributed by atoms with E-state index >= 15 is 0 Å². The normalized spacial score (nSPS) is 15.2. The second-order valence-electron chi connectivity index (χ2n) is 7.01. The molecule has 4 rings (SSSR count). The highest BCUT2D eigenvalue weighted by Gasteiger charge is 2.36. The van der Waals surface area contributed by atoms with Crippen LogP contribution >= 0.6 is 24.0 Å². The van der Waals surface area contributed by atoms with Gasteiger partial charge in [0.05, 0.1) is 16.2 Å². The summed E-state index contributed by atoms with van der Waals surface area (Å²) in [6.07, 6.45) is -2.94. The lowest BCUT2D eigenvalue weighted by Crippen LogP contribution is -2.27. The highest BCUT2D eigenvalue weighted by molar-refractivity contribution is 8.27. The van der Waals surface area contributed by atoms with Crippen molar-refractivity contribution in [2.45, 2.75) is 6.18 Å². The molecular weight excluding hydrogens is 469 g/mol. The minimum absolute atomic E-state index is 0.0589. The fraction of sp³-hybridized carbons (Fsp3) is 0.0417. The minimum Gasteiger partial charge on any atom is -0.322 e. The van der Waals surface area contributed by atoms with Gasteiger partial charge >= 0.3 is 6.18 Å². The van der Waals surface area contributed by atoms with E-state index in [1.165, 1.54) is 12.1 Å². The van der Waals surface area contributed by atoms with Crippen molar-refractivity contribution in [3.8, 4) is 0 Å². The van der Waals surface area contributed by atoms with E-state index in [9.17, 15) is 22.8 Å². The fourth-order valence-electron chi connectivity index (χ4n) is 3.12. The van der Waals surface area contributed by atoms with Gasteiger partial charge in [-0.3, -0.25) is 14.5 Å². The summed E-state index contributed by atoms with van der Waals surface area (Å²) in [7, 11) is 0. The molecule has 33 heavy (non-hydrogen) atoms. The molecule has 0 spiro atoms. The molecule has 166 valence electrons. The molecule has 0 radical (unpaired) electrons. The maximum Gasteiger partial charge on any atom is 0.416 e. The number of anilines is 2. The summed E-state index contributed by atoms with van der Waals surface area (Å²) in [5, 5.41) is 2.79. The van der Waals surface area contributed by atoms with Gasteiger partial charge in [-0.15, -0.1) is 0 Å². The average Bonchev–Trinajstić information content (AvgIpc) is 3.07. The van der Waals surface area contributed by atoms with Gasteiger partial charge in [0.15, 0.2) is 4.32 Å². The van der Waals surface area contributed by atoms with Crippen LogP contribution < -0.4 is 10.2 Å². The standard InChI is InChI=1S/C24H15F3N2O2S2/c25-24(26,27)17-5-4-8-19(14-17)29-22(31)20(33-23(29)32)13-15-9-11-16(12-10-15)21(30)28-18-6-2-1-3-7-18/h1-14H,(H,28,30)/b20-13-. The first-order valence-corrected chi connectivity index (χ1v) is 10.9. The molecule has 1 heterocycles. The summed E-state index contributed by atoms with van der Waals surface area (Å²) < 4.78 is 39.3. The monoisotopic (exact) mass is 484 g/mol. The van der Waals surface area contributed by atoms with Gasteiger partial charge in [0.25, 0.3) is 11.8 Å². The van der Waals surface area contributed by atoms with Crippen molar-refractivity contribution in [2.24, 2.45) is 0 Å². The van der Waals surface area contributed by atoms with Crippen LogP contribution in [0.25, 0.3) is 6.08 Å². The van der Waals surface area contributed by atoms with E-state index in [0.29, 0.717) is 16.8 Å². The van der Waals surface area contributed by atoms with E-state index in [1.54, 1.807) is 42.5 Å². The third kappa shape index (κ3) is 5.15. The number of thiocarbonyl (C=S) groups is 1. The van der Waals surface area contributed by atoms with Crippen LogP contribution in [0.4, 0.5) is 24.5 Å². The lowest BCUT2D eigenvalue weighted by atomic mass is 10.1. The number of nitrogens with zero attached hydrogens (tertiary/aromatic N) is 1. The molecule has 3 aromatic carbocycles. The van der Waals surface area contributed by atoms with Crippen molar-refractivity contribution in [1.82, 2.24) is 0 Å². The molecule has 0 aliphatic carbocycles. The summed E-state index contributed by atoms with van der Waals surface area (Å²) >= 11 is 6.25. The number of para-hydroxylation sites is 1. The summed E-state index contributed by atoms with van der Waals surface area (Å²) in [6, 6.07) is 20.1. The van der Waals surface area contributed by atoms with E-state index in [1.807, 2.05) is 18.2 Å². The van der Waals surface area contributed by atoms with Crippen molar-refractivity contribution >= 4 is 57.6 Å². The number of hydrogen-bond acceptors (Lipinski definition) is 4. The zero-order valence-electron chi connectivity index (χ0n) is 16.8. The van der Waals surface area contributed by atoms with E-state index in [2.05, 4.69) is 5.32 Å². The minimum atomic E-state index is -4.53. The number of rotatable bonds is 4. The first-order chi connectivity index (χ1) is 15.7. The highest BCUT2D eigenvalue weighted by Crippen LogP contribution is 2.38. The highest BCUT2D eigenvalue weighted by atomic mass is 32.2. The van der Waals surface area contributed by atoms with Crippen LogP contribution in [0.3, 0.4) is 0 Å². The van der Waals surface area contributed by atoms with Gasteiger partial charge < -0.3 is 5.32 Å². The van der Waals surface area contributed by atoms with Crippen molar-refractivity contribution in [3.63, 3.8) is 0 Å². The molecule has 0 saturated carbocycles. The number of alkyl halides is 3. The Bertz CT molecular complexity index is 1260. The number of benzene rings is 3. The Morgan fingerprint density at radius 2 is 1.67 bits per heavy atom. The first kappa shape index (κ1) is 22.8. The SMILES string of the molecule is O=C(Nc1ccccc1)c1ccc(/C=C2\SC(=S)N(c3cccc(C(F)(F)F)c3)C2=O)cc1. The molecule has 2 amide bonds. The zero-order chi connectivity index (χ0) is 23.6. The van der Waals surface area contributed by atoms with Gasteiger partial charge in [-0.1, -0.05) is 60.4 Å². The third-order valence-corrected chi connectivity index (χ3v) is 6.03. The van der Waals surface area contributed by atoms with Crippen LogP contribution in [0.15, 0.2) is 83.8 Å². The zero-order valence-corrected chi connectivity index (χ0v) is 18.4. The number of hydrogen-bond donors (Lipinski definition) is 1. The summed E-state index contributed by atoms with van der Waals surface area (Å²) in [5.41, 5.74) is 0.958. The quantitative estimate of drug-likeness (QED) is 0.346. The Hall–Kier alpha value is -3.43. The molecule has 0 atom stereocenters. The van der Waals surface area contributed by atoms with Crippen LogP contribution in [-0.2, 0) is 11.0 Å².